The Labute approximate surface area is 127 Å². The molecule has 0 amide bonds. The van der Waals surface area contributed by atoms with Crippen molar-refractivity contribution in [3.8, 4) is 0 Å². The molecule has 0 N–H and O–H groups in total. The molecule has 0 spiro atoms. The Morgan fingerprint density at radius 1 is 1.30 bits per heavy atom. The number of rotatable bonds is 6. The number of likely N-dealkylation sites (tertiary alicyclic amines) is 1. The minimum atomic E-state index is 0.112. The van der Waals surface area contributed by atoms with E-state index in [1.165, 1.54) is 36.8 Å². The second-order valence-electron chi connectivity index (χ2n) is 6.67. The standard InChI is InChI=1S/C16H27N3S/c1-5-20-7-6-19-10-13(11-19)8-14-9-15(16(2,3)4)18-12-17-14/h9,12-13H,5-8,10-11H2,1-4H3. The van der Waals surface area contributed by atoms with E-state index < -0.39 is 0 Å². The van der Waals surface area contributed by atoms with Crippen molar-refractivity contribution in [2.24, 2.45) is 5.92 Å². The van der Waals surface area contributed by atoms with Gasteiger partial charge in [-0.25, -0.2) is 9.97 Å². The third-order valence-electron chi connectivity index (χ3n) is 3.78. The van der Waals surface area contributed by atoms with E-state index in [0.29, 0.717) is 0 Å². The molecule has 20 heavy (non-hydrogen) atoms. The van der Waals surface area contributed by atoms with Crippen LogP contribution in [-0.4, -0.2) is 46.0 Å². The molecule has 0 bridgehead atoms. The molecule has 3 nitrogen and oxygen atoms in total. The zero-order valence-electron chi connectivity index (χ0n) is 13.2. The second kappa shape index (κ2) is 6.90. The van der Waals surface area contributed by atoms with E-state index in [2.05, 4.69) is 48.6 Å². The highest BCUT2D eigenvalue weighted by atomic mass is 32.2. The van der Waals surface area contributed by atoms with Crippen molar-refractivity contribution in [1.29, 1.82) is 0 Å². The number of hydrogen-bond donors (Lipinski definition) is 0. The summed E-state index contributed by atoms with van der Waals surface area (Å²) in [6.45, 7) is 12.6. The van der Waals surface area contributed by atoms with E-state index in [0.717, 1.165) is 18.0 Å². The smallest absolute Gasteiger partial charge is 0.115 e. The van der Waals surface area contributed by atoms with Gasteiger partial charge in [0, 0.05) is 42.2 Å². The lowest BCUT2D eigenvalue weighted by Crippen LogP contribution is -2.48. The summed E-state index contributed by atoms with van der Waals surface area (Å²) in [6, 6.07) is 2.19. The normalized spacial score (nSPS) is 17.2. The zero-order chi connectivity index (χ0) is 14.6. The fourth-order valence-corrected chi connectivity index (χ4v) is 3.22. The highest BCUT2D eigenvalue weighted by Gasteiger charge is 2.27. The average Bonchev–Trinajstić information content (AvgIpc) is 2.35. The lowest BCUT2D eigenvalue weighted by atomic mass is 9.89. The van der Waals surface area contributed by atoms with Gasteiger partial charge < -0.3 is 4.90 Å². The summed E-state index contributed by atoms with van der Waals surface area (Å²) in [5.74, 6) is 3.28. The lowest BCUT2D eigenvalue weighted by Gasteiger charge is -2.39. The first kappa shape index (κ1) is 15.8. The monoisotopic (exact) mass is 293 g/mol. The van der Waals surface area contributed by atoms with Crippen molar-refractivity contribution < 1.29 is 0 Å². The molecule has 1 saturated heterocycles. The molecule has 1 aliphatic heterocycles. The van der Waals surface area contributed by atoms with Gasteiger partial charge >= 0.3 is 0 Å². The van der Waals surface area contributed by atoms with Crippen LogP contribution in [0.3, 0.4) is 0 Å². The van der Waals surface area contributed by atoms with Crippen LogP contribution in [0.5, 0.6) is 0 Å². The first-order valence-electron chi connectivity index (χ1n) is 7.60. The van der Waals surface area contributed by atoms with Crippen LogP contribution in [0.2, 0.25) is 0 Å². The predicted octanol–water partition coefficient (Wildman–Crippen LogP) is 3.00. The molecule has 4 heteroatoms. The molecule has 2 rings (SSSR count). The van der Waals surface area contributed by atoms with Crippen LogP contribution >= 0.6 is 11.8 Å². The average molecular weight is 293 g/mol. The Bertz CT molecular complexity index is 422. The largest absolute Gasteiger partial charge is 0.302 e. The maximum absolute atomic E-state index is 4.44. The molecular formula is C16H27N3S. The van der Waals surface area contributed by atoms with E-state index in [1.54, 1.807) is 6.33 Å². The molecule has 0 radical (unpaired) electrons. The van der Waals surface area contributed by atoms with Crippen molar-refractivity contribution in [1.82, 2.24) is 14.9 Å². The van der Waals surface area contributed by atoms with E-state index in [1.807, 2.05) is 11.8 Å². The predicted molar refractivity (Wildman–Crippen MR) is 87.4 cm³/mol. The Morgan fingerprint density at radius 3 is 2.70 bits per heavy atom. The van der Waals surface area contributed by atoms with E-state index in [-0.39, 0.29) is 5.41 Å². The van der Waals surface area contributed by atoms with Crippen LogP contribution in [0.1, 0.15) is 39.1 Å². The molecule has 112 valence electrons. The second-order valence-corrected chi connectivity index (χ2v) is 8.07. The van der Waals surface area contributed by atoms with Gasteiger partial charge in [0.15, 0.2) is 0 Å². The summed E-state index contributed by atoms with van der Waals surface area (Å²) >= 11 is 2.03. The van der Waals surface area contributed by atoms with Crippen LogP contribution in [-0.2, 0) is 11.8 Å². The molecule has 1 aromatic rings. The van der Waals surface area contributed by atoms with Crippen LogP contribution in [0.4, 0.5) is 0 Å². The third-order valence-corrected chi connectivity index (χ3v) is 4.66. The topological polar surface area (TPSA) is 29.0 Å². The summed E-state index contributed by atoms with van der Waals surface area (Å²) in [5, 5.41) is 0. The van der Waals surface area contributed by atoms with Gasteiger partial charge in [-0.15, -0.1) is 0 Å². The minimum Gasteiger partial charge on any atom is -0.302 e. The molecule has 0 saturated carbocycles. The van der Waals surface area contributed by atoms with Crippen LogP contribution < -0.4 is 0 Å². The Hall–Kier alpha value is -0.610. The van der Waals surface area contributed by atoms with Crippen molar-refractivity contribution in [3.63, 3.8) is 0 Å². The first-order valence-corrected chi connectivity index (χ1v) is 8.76. The summed E-state index contributed by atoms with van der Waals surface area (Å²) in [4.78, 5) is 11.4. The summed E-state index contributed by atoms with van der Waals surface area (Å²) in [7, 11) is 0. The molecular weight excluding hydrogens is 266 g/mol. The highest BCUT2D eigenvalue weighted by molar-refractivity contribution is 7.99. The Kier molecular flexibility index (Phi) is 5.44. The molecule has 2 heterocycles. The van der Waals surface area contributed by atoms with Gasteiger partial charge in [0.25, 0.3) is 0 Å². The summed E-state index contributed by atoms with van der Waals surface area (Å²) < 4.78 is 0. The number of aromatic nitrogens is 2. The number of hydrogen-bond acceptors (Lipinski definition) is 4. The van der Waals surface area contributed by atoms with E-state index in [9.17, 15) is 0 Å². The minimum absolute atomic E-state index is 0.112. The first-order chi connectivity index (χ1) is 9.49. The number of thioether (sulfide) groups is 1. The van der Waals surface area contributed by atoms with Gasteiger partial charge in [-0.05, 0) is 24.2 Å². The summed E-state index contributed by atoms with van der Waals surface area (Å²) in [6.07, 6.45) is 2.83. The van der Waals surface area contributed by atoms with Crippen molar-refractivity contribution in [2.45, 2.75) is 39.5 Å². The van der Waals surface area contributed by atoms with Gasteiger partial charge in [-0.1, -0.05) is 27.7 Å². The molecule has 1 aliphatic rings. The zero-order valence-corrected chi connectivity index (χ0v) is 14.0. The molecule has 0 atom stereocenters. The highest BCUT2D eigenvalue weighted by Crippen LogP contribution is 2.23. The molecule has 1 aromatic heterocycles. The van der Waals surface area contributed by atoms with E-state index in [4.69, 9.17) is 0 Å². The molecule has 1 fully saturated rings. The lowest BCUT2D eigenvalue weighted by molar-refractivity contribution is 0.108. The fraction of sp³-hybridized carbons (Fsp3) is 0.750. The molecule has 0 unspecified atom stereocenters. The fourth-order valence-electron chi connectivity index (χ4n) is 2.54. The van der Waals surface area contributed by atoms with Gasteiger partial charge in [-0.2, -0.15) is 11.8 Å². The Balaban J connectivity index is 1.78. The van der Waals surface area contributed by atoms with Crippen LogP contribution in [0, 0.1) is 5.92 Å². The van der Waals surface area contributed by atoms with Crippen LogP contribution in [0.25, 0.3) is 0 Å². The van der Waals surface area contributed by atoms with Gasteiger partial charge in [0.1, 0.15) is 6.33 Å². The summed E-state index contributed by atoms with van der Waals surface area (Å²) in [5.41, 5.74) is 2.47. The van der Waals surface area contributed by atoms with Gasteiger partial charge in [-0.3, -0.25) is 0 Å². The SMILES string of the molecule is CCSCCN1CC(Cc2cc(C(C)(C)C)ncn2)C1. The Morgan fingerprint density at radius 2 is 2.05 bits per heavy atom. The molecule has 0 aromatic carbocycles. The van der Waals surface area contributed by atoms with Gasteiger partial charge in [0.05, 0.1) is 0 Å². The number of nitrogens with zero attached hydrogens (tertiary/aromatic N) is 3. The van der Waals surface area contributed by atoms with E-state index >= 15 is 0 Å². The van der Waals surface area contributed by atoms with Crippen LogP contribution in [0.15, 0.2) is 12.4 Å². The maximum Gasteiger partial charge on any atom is 0.115 e. The van der Waals surface area contributed by atoms with Crippen molar-refractivity contribution in [3.05, 3.63) is 23.8 Å². The maximum atomic E-state index is 4.44. The third kappa shape index (κ3) is 4.45. The van der Waals surface area contributed by atoms with Gasteiger partial charge in [0.2, 0.25) is 0 Å². The van der Waals surface area contributed by atoms with Crippen molar-refractivity contribution in [2.75, 3.05) is 31.1 Å². The molecule has 0 aliphatic carbocycles. The quantitative estimate of drug-likeness (QED) is 0.754. The van der Waals surface area contributed by atoms with Crippen molar-refractivity contribution >= 4 is 11.8 Å².